The summed E-state index contributed by atoms with van der Waals surface area (Å²) >= 11 is 1.78. The fourth-order valence-corrected chi connectivity index (χ4v) is 4.49. The molecule has 122 valence electrons. The third-order valence-corrected chi connectivity index (χ3v) is 5.72. The van der Waals surface area contributed by atoms with Crippen LogP contribution in [0.4, 0.5) is 0 Å². The predicted octanol–water partition coefficient (Wildman–Crippen LogP) is 2.94. The van der Waals surface area contributed by atoms with E-state index in [1.165, 1.54) is 24.0 Å². The van der Waals surface area contributed by atoms with Crippen molar-refractivity contribution in [1.29, 1.82) is 0 Å². The molecule has 3 nitrogen and oxygen atoms in total. The van der Waals surface area contributed by atoms with Gasteiger partial charge in [0.05, 0.1) is 0 Å². The molecule has 2 N–H and O–H groups in total. The van der Waals surface area contributed by atoms with E-state index in [9.17, 15) is 4.79 Å². The van der Waals surface area contributed by atoms with E-state index in [0.717, 1.165) is 44.1 Å². The Morgan fingerprint density at radius 1 is 1.36 bits per heavy atom. The number of hydrogen-bond donors (Lipinski definition) is 2. The highest BCUT2D eigenvalue weighted by Crippen LogP contribution is 2.36. The lowest BCUT2D eigenvalue weighted by Crippen LogP contribution is -2.35. The van der Waals surface area contributed by atoms with Crippen LogP contribution in [-0.4, -0.2) is 31.3 Å². The minimum atomic E-state index is -0.0144. The van der Waals surface area contributed by atoms with Gasteiger partial charge < -0.3 is 10.6 Å². The lowest BCUT2D eigenvalue weighted by molar-refractivity contribution is -0.120. The van der Waals surface area contributed by atoms with Crippen LogP contribution in [-0.2, 0) is 11.2 Å². The molecule has 0 saturated carbocycles. The summed E-state index contributed by atoms with van der Waals surface area (Å²) in [7, 11) is 0. The number of rotatable bonds is 4. The van der Waals surface area contributed by atoms with Crippen molar-refractivity contribution in [3.8, 4) is 0 Å². The fourth-order valence-electron chi connectivity index (χ4n) is 3.27. The Bertz CT molecular complexity index is 491. The molecule has 0 bridgehead atoms. The molecule has 2 heterocycles. The van der Waals surface area contributed by atoms with Gasteiger partial charge in [-0.1, -0.05) is 24.3 Å². The van der Waals surface area contributed by atoms with Gasteiger partial charge in [-0.05, 0) is 61.6 Å². The minimum absolute atomic E-state index is 0. The summed E-state index contributed by atoms with van der Waals surface area (Å²) in [5, 5.41) is 6.57. The Morgan fingerprint density at radius 2 is 2.23 bits per heavy atom. The second-order valence-corrected chi connectivity index (χ2v) is 7.20. The molecule has 1 saturated heterocycles. The first-order valence-corrected chi connectivity index (χ1v) is 9.07. The molecule has 1 amide bonds. The molecule has 2 aliphatic heterocycles. The highest BCUT2D eigenvalue weighted by atomic mass is 35.5. The summed E-state index contributed by atoms with van der Waals surface area (Å²) in [6.07, 6.45) is 4.74. The van der Waals surface area contributed by atoms with Gasteiger partial charge in [0, 0.05) is 6.54 Å². The Morgan fingerprint density at radius 3 is 3.05 bits per heavy atom. The average molecular weight is 341 g/mol. The highest BCUT2D eigenvalue weighted by molar-refractivity contribution is 8.00. The number of thioether (sulfide) groups is 1. The quantitative estimate of drug-likeness (QED) is 0.885. The van der Waals surface area contributed by atoms with Gasteiger partial charge in [0.15, 0.2) is 0 Å². The first kappa shape index (κ1) is 17.6. The number of benzene rings is 1. The second kappa shape index (κ2) is 8.80. The third-order valence-electron chi connectivity index (χ3n) is 4.48. The van der Waals surface area contributed by atoms with Crippen LogP contribution in [0.15, 0.2) is 24.3 Å². The van der Waals surface area contributed by atoms with Crippen molar-refractivity contribution in [2.75, 3.05) is 25.4 Å². The van der Waals surface area contributed by atoms with Crippen LogP contribution in [0.5, 0.6) is 0 Å². The Hall–Kier alpha value is -0.710. The summed E-state index contributed by atoms with van der Waals surface area (Å²) in [5.41, 5.74) is 2.55. The highest BCUT2D eigenvalue weighted by Gasteiger charge is 2.26. The number of halogens is 1. The zero-order chi connectivity index (χ0) is 14.5. The SMILES string of the molecule is Cl.O=C(NCCC1CCCNC1)C1SCCc2ccccc21. The molecule has 0 aliphatic carbocycles. The topological polar surface area (TPSA) is 41.1 Å². The van der Waals surface area contributed by atoms with Gasteiger partial charge >= 0.3 is 0 Å². The van der Waals surface area contributed by atoms with Crippen molar-refractivity contribution in [2.24, 2.45) is 5.92 Å². The Kier molecular flexibility index (Phi) is 7.06. The zero-order valence-corrected chi connectivity index (χ0v) is 14.5. The molecule has 2 aliphatic rings. The molecule has 2 atom stereocenters. The second-order valence-electron chi connectivity index (χ2n) is 5.99. The number of piperidine rings is 1. The maximum absolute atomic E-state index is 12.5. The van der Waals surface area contributed by atoms with Gasteiger partial charge in [-0.2, -0.15) is 0 Å². The molecule has 0 radical (unpaired) electrons. The first-order chi connectivity index (χ1) is 10.3. The lowest BCUT2D eigenvalue weighted by atomic mass is 9.96. The van der Waals surface area contributed by atoms with Crippen molar-refractivity contribution >= 4 is 30.1 Å². The summed E-state index contributed by atoms with van der Waals surface area (Å²) < 4.78 is 0. The Balaban J connectivity index is 0.00000176. The number of amides is 1. The molecule has 3 rings (SSSR count). The van der Waals surface area contributed by atoms with Gasteiger partial charge in [0.1, 0.15) is 5.25 Å². The van der Waals surface area contributed by atoms with Gasteiger partial charge in [0.25, 0.3) is 0 Å². The molecule has 1 aromatic rings. The monoisotopic (exact) mass is 340 g/mol. The molecule has 0 spiro atoms. The van der Waals surface area contributed by atoms with E-state index in [1.54, 1.807) is 11.8 Å². The summed E-state index contributed by atoms with van der Waals surface area (Å²) in [6, 6.07) is 8.37. The van der Waals surface area contributed by atoms with Crippen molar-refractivity contribution < 1.29 is 4.79 Å². The summed E-state index contributed by atoms with van der Waals surface area (Å²) in [5.74, 6) is 1.96. The summed E-state index contributed by atoms with van der Waals surface area (Å²) in [4.78, 5) is 12.5. The predicted molar refractivity (Wildman–Crippen MR) is 95.8 cm³/mol. The van der Waals surface area contributed by atoms with Crippen LogP contribution in [0.25, 0.3) is 0 Å². The standard InChI is InChI=1S/C17H24N2OS.ClH/c20-17(19-10-7-13-4-3-9-18-12-13)16-15-6-2-1-5-14(15)8-11-21-16;/h1-2,5-6,13,16,18H,3-4,7-12H2,(H,19,20);1H. The fraction of sp³-hybridized carbons (Fsp3) is 0.588. The third kappa shape index (κ3) is 4.40. The van der Waals surface area contributed by atoms with Gasteiger partial charge in [0.2, 0.25) is 5.91 Å². The van der Waals surface area contributed by atoms with Crippen LogP contribution < -0.4 is 10.6 Å². The van der Waals surface area contributed by atoms with E-state index in [0.29, 0.717) is 0 Å². The van der Waals surface area contributed by atoms with Crippen LogP contribution in [0.1, 0.15) is 35.6 Å². The molecular weight excluding hydrogens is 316 g/mol. The normalized spacial score (nSPS) is 24.0. The van der Waals surface area contributed by atoms with Gasteiger partial charge in [-0.25, -0.2) is 0 Å². The zero-order valence-electron chi connectivity index (χ0n) is 12.8. The molecule has 5 heteroatoms. The number of hydrogen-bond acceptors (Lipinski definition) is 3. The van der Waals surface area contributed by atoms with Gasteiger partial charge in [-0.3, -0.25) is 4.79 Å². The molecule has 22 heavy (non-hydrogen) atoms. The van der Waals surface area contributed by atoms with Crippen LogP contribution in [0, 0.1) is 5.92 Å². The molecule has 1 aromatic carbocycles. The Labute approximate surface area is 143 Å². The number of aryl methyl sites for hydroxylation is 1. The first-order valence-electron chi connectivity index (χ1n) is 8.02. The molecule has 0 aromatic heterocycles. The van der Waals surface area contributed by atoms with Crippen molar-refractivity contribution in [3.63, 3.8) is 0 Å². The van der Waals surface area contributed by atoms with Gasteiger partial charge in [-0.15, -0.1) is 24.2 Å². The van der Waals surface area contributed by atoms with E-state index in [2.05, 4.69) is 28.8 Å². The van der Waals surface area contributed by atoms with E-state index in [4.69, 9.17) is 0 Å². The average Bonchev–Trinajstić information content (AvgIpc) is 2.55. The van der Waals surface area contributed by atoms with Crippen LogP contribution in [0.3, 0.4) is 0 Å². The molecule has 2 unspecified atom stereocenters. The minimum Gasteiger partial charge on any atom is -0.355 e. The van der Waals surface area contributed by atoms with Crippen LogP contribution in [0.2, 0.25) is 0 Å². The van der Waals surface area contributed by atoms with Crippen molar-refractivity contribution in [3.05, 3.63) is 35.4 Å². The maximum Gasteiger partial charge on any atom is 0.237 e. The van der Waals surface area contributed by atoms with Crippen molar-refractivity contribution in [1.82, 2.24) is 10.6 Å². The van der Waals surface area contributed by atoms with E-state index >= 15 is 0 Å². The number of nitrogens with one attached hydrogen (secondary N) is 2. The van der Waals surface area contributed by atoms with E-state index in [1.807, 2.05) is 6.07 Å². The largest absolute Gasteiger partial charge is 0.355 e. The van der Waals surface area contributed by atoms with E-state index < -0.39 is 0 Å². The number of carbonyl (C=O) groups excluding carboxylic acids is 1. The van der Waals surface area contributed by atoms with Crippen molar-refractivity contribution in [2.45, 2.75) is 30.9 Å². The number of fused-ring (bicyclic) bond motifs is 1. The van der Waals surface area contributed by atoms with E-state index in [-0.39, 0.29) is 23.6 Å². The molecule has 1 fully saturated rings. The number of carbonyl (C=O) groups is 1. The summed E-state index contributed by atoms with van der Waals surface area (Å²) in [6.45, 7) is 3.07. The maximum atomic E-state index is 12.5. The molecular formula is C17H25ClN2OS. The van der Waals surface area contributed by atoms with Crippen LogP contribution >= 0.6 is 24.2 Å². The lowest BCUT2D eigenvalue weighted by Gasteiger charge is -2.25. The smallest absolute Gasteiger partial charge is 0.237 e.